The van der Waals surface area contributed by atoms with Crippen molar-refractivity contribution in [2.24, 2.45) is 0 Å². The topological polar surface area (TPSA) is 42.3 Å². The van der Waals surface area contributed by atoms with E-state index in [4.69, 9.17) is 0 Å². The van der Waals surface area contributed by atoms with Crippen LogP contribution in [0.4, 0.5) is 0 Å². The maximum Gasteiger partial charge on any atom is 0.295 e. The van der Waals surface area contributed by atoms with Gasteiger partial charge < -0.3 is 9.47 Å². The summed E-state index contributed by atoms with van der Waals surface area (Å²) in [5, 5.41) is 0.835. The van der Waals surface area contributed by atoms with Gasteiger partial charge in [0.15, 0.2) is 0 Å². The number of Topliss-reactive ketones (excluding diaryl/α,β-unsaturated/α-hetero) is 1. The maximum absolute atomic E-state index is 12.8. The molecule has 0 atom stereocenters. The summed E-state index contributed by atoms with van der Waals surface area (Å²) >= 11 is 3.45. The molecule has 26 heavy (non-hydrogen) atoms. The molecular weight excluding hydrogens is 392 g/mol. The predicted octanol–water partition coefficient (Wildman–Crippen LogP) is 4.26. The molecule has 2 aromatic carbocycles. The van der Waals surface area contributed by atoms with Gasteiger partial charge in [0.2, 0.25) is 0 Å². The molecule has 0 N–H and O–H groups in total. The van der Waals surface area contributed by atoms with Crippen LogP contribution in [0.25, 0.3) is 10.9 Å². The number of likely N-dealkylation sites (tertiary alicyclic amines) is 1. The Hall–Kier alpha value is -2.40. The molecule has 0 bridgehead atoms. The van der Waals surface area contributed by atoms with Gasteiger partial charge in [-0.1, -0.05) is 46.3 Å². The third kappa shape index (κ3) is 3.19. The van der Waals surface area contributed by atoms with E-state index in [1.54, 1.807) is 4.90 Å². The Morgan fingerprint density at radius 2 is 1.65 bits per heavy atom. The zero-order valence-corrected chi connectivity index (χ0v) is 15.9. The van der Waals surface area contributed by atoms with Crippen molar-refractivity contribution in [3.8, 4) is 0 Å². The summed E-state index contributed by atoms with van der Waals surface area (Å²) in [4.78, 5) is 27.1. The van der Waals surface area contributed by atoms with E-state index in [9.17, 15) is 9.59 Å². The van der Waals surface area contributed by atoms with Crippen LogP contribution in [0.15, 0.2) is 59.2 Å². The molecule has 0 unspecified atom stereocenters. The second kappa shape index (κ2) is 7.08. The SMILES string of the molecule is O=C(C(=O)N1CCCC1)c1cn(Cc2ccc(Br)cc2)c2ccccc12. The van der Waals surface area contributed by atoms with Crippen LogP contribution in [0.3, 0.4) is 0 Å². The molecule has 3 aromatic rings. The molecule has 132 valence electrons. The zero-order chi connectivity index (χ0) is 18.1. The predicted molar refractivity (Wildman–Crippen MR) is 105 cm³/mol. The highest BCUT2D eigenvalue weighted by Crippen LogP contribution is 2.24. The highest BCUT2D eigenvalue weighted by Gasteiger charge is 2.27. The molecule has 1 aliphatic heterocycles. The summed E-state index contributed by atoms with van der Waals surface area (Å²) < 4.78 is 3.08. The Morgan fingerprint density at radius 1 is 0.962 bits per heavy atom. The first-order valence-corrected chi connectivity index (χ1v) is 9.59. The molecule has 4 rings (SSSR count). The number of fused-ring (bicyclic) bond motifs is 1. The average molecular weight is 411 g/mol. The summed E-state index contributed by atoms with van der Waals surface area (Å²) in [5.41, 5.74) is 2.60. The van der Waals surface area contributed by atoms with Crippen LogP contribution in [-0.4, -0.2) is 34.2 Å². The van der Waals surface area contributed by atoms with Gasteiger partial charge in [-0.15, -0.1) is 0 Å². The number of nitrogens with zero attached hydrogens (tertiary/aromatic N) is 2. The number of benzene rings is 2. The van der Waals surface area contributed by atoms with Crippen molar-refractivity contribution < 1.29 is 9.59 Å². The molecular formula is C21H19BrN2O2. The summed E-state index contributed by atoms with van der Waals surface area (Å²) in [5.74, 6) is -0.785. The molecule has 1 aliphatic rings. The number of rotatable bonds is 4. The number of para-hydroxylation sites is 1. The van der Waals surface area contributed by atoms with Crippen molar-refractivity contribution >= 4 is 38.5 Å². The fourth-order valence-electron chi connectivity index (χ4n) is 3.52. The molecule has 1 fully saturated rings. The first-order valence-electron chi connectivity index (χ1n) is 8.79. The molecule has 5 heteroatoms. The monoisotopic (exact) mass is 410 g/mol. The first kappa shape index (κ1) is 17.0. The quantitative estimate of drug-likeness (QED) is 0.476. The van der Waals surface area contributed by atoms with Gasteiger partial charge in [-0.25, -0.2) is 0 Å². The average Bonchev–Trinajstić information content (AvgIpc) is 3.31. The van der Waals surface area contributed by atoms with Crippen LogP contribution in [0, 0.1) is 0 Å². The number of carbonyl (C=O) groups is 2. The van der Waals surface area contributed by atoms with Crippen LogP contribution in [-0.2, 0) is 11.3 Å². The maximum atomic E-state index is 12.8. The number of carbonyl (C=O) groups excluding carboxylic acids is 2. The van der Waals surface area contributed by atoms with Crippen LogP contribution in [0.1, 0.15) is 28.8 Å². The second-order valence-corrected chi connectivity index (χ2v) is 7.56. The van der Waals surface area contributed by atoms with E-state index < -0.39 is 5.78 Å². The number of hydrogen-bond acceptors (Lipinski definition) is 2. The number of halogens is 1. The lowest BCUT2D eigenvalue weighted by Gasteiger charge is -2.13. The normalized spacial score (nSPS) is 14.1. The minimum Gasteiger partial charge on any atom is -0.342 e. The molecule has 0 radical (unpaired) electrons. The minimum absolute atomic E-state index is 0.381. The van der Waals surface area contributed by atoms with Crippen molar-refractivity contribution in [2.45, 2.75) is 19.4 Å². The van der Waals surface area contributed by atoms with Crippen molar-refractivity contribution in [1.29, 1.82) is 0 Å². The van der Waals surface area contributed by atoms with Gasteiger partial charge in [-0.3, -0.25) is 9.59 Å². The van der Waals surface area contributed by atoms with Gasteiger partial charge in [0.1, 0.15) is 0 Å². The lowest BCUT2D eigenvalue weighted by Crippen LogP contribution is -2.34. The second-order valence-electron chi connectivity index (χ2n) is 6.64. The minimum atomic E-state index is -0.405. The van der Waals surface area contributed by atoms with Gasteiger partial charge in [-0.05, 0) is 36.6 Å². The van der Waals surface area contributed by atoms with Gasteiger partial charge in [-0.2, -0.15) is 0 Å². The van der Waals surface area contributed by atoms with E-state index >= 15 is 0 Å². The summed E-state index contributed by atoms with van der Waals surface area (Å²) in [7, 11) is 0. The molecule has 1 aromatic heterocycles. The van der Waals surface area contributed by atoms with Crippen LogP contribution in [0.2, 0.25) is 0 Å². The molecule has 2 heterocycles. The van der Waals surface area contributed by atoms with E-state index in [2.05, 4.69) is 28.1 Å². The first-order chi connectivity index (χ1) is 12.6. The van der Waals surface area contributed by atoms with E-state index in [1.807, 2.05) is 47.2 Å². The summed E-state index contributed by atoms with van der Waals surface area (Å²) in [6.45, 7) is 2.02. The smallest absolute Gasteiger partial charge is 0.295 e. The van der Waals surface area contributed by atoms with Gasteiger partial charge >= 0.3 is 0 Å². The van der Waals surface area contributed by atoms with E-state index in [0.717, 1.165) is 33.8 Å². The van der Waals surface area contributed by atoms with Crippen LogP contribution >= 0.6 is 15.9 Å². The van der Waals surface area contributed by atoms with Gasteiger partial charge in [0.05, 0.1) is 5.56 Å². The molecule has 4 nitrogen and oxygen atoms in total. The Morgan fingerprint density at radius 3 is 2.38 bits per heavy atom. The fraction of sp³-hybridized carbons (Fsp3) is 0.238. The summed E-state index contributed by atoms with van der Waals surface area (Å²) in [6, 6.07) is 15.9. The van der Waals surface area contributed by atoms with Crippen molar-refractivity contribution in [2.75, 3.05) is 13.1 Å². The van der Waals surface area contributed by atoms with E-state index in [0.29, 0.717) is 25.2 Å². The Balaban J connectivity index is 1.70. The van der Waals surface area contributed by atoms with Crippen molar-refractivity contribution in [1.82, 2.24) is 9.47 Å². The van der Waals surface area contributed by atoms with Crippen molar-refractivity contribution in [3.63, 3.8) is 0 Å². The van der Waals surface area contributed by atoms with Gasteiger partial charge in [0.25, 0.3) is 11.7 Å². The van der Waals surface area contributed by atoms with E-state index in [-0.39, 0.29) is 5.91 Å². The lowest BCUT2D eigenvalue weighted by atomic mass is 10.1. The Kier molecular flexibility index (Phi) is 4.64. The lowest BCUT2D eigenvalue weighted by molar-refractivity contribution is -0.125. The highest BCUT2D eigenvalue weighted by molar-refractivity contribution is 9.10. The highest BCUT2D eigenvalue weighted by atomic mass is 79.9. The third-order valence-electron chi connectivity index (χ3n) is 4.89. The fourth-order valence-corrected chi connectivity index (χ4v) is 3.79. The van der Waals surface area contributed by atoms with Crippen LogP contribution in [0.5, 0.6) is 0 Å². The van der Waals surface area contributed by atoms with Gasteiger partial charge in [0, 0.05) is 41.2 Å². The molecule has 1 amide bonds. The standard InChI is InChI=1S/C21H19BrN2O2/c22-16-9-7-15(8-10-16)13-24-14-18(17-5-1-2-6-19(17)24)20(25)21(26)23-11-3-4-12-23/h1-2,5-10,14H,3-4,11-13H2. The number of ketones is 1. The number of aromatic nitrogens is 1. The molecule has 0 saturated carbocycles. The summed E-state index contributed by atoms with van der Waals surface area (Å²) in [6.07, 6.45) is 3.78. The number of hydrogen-bond donors (Lipinski definition) is 0. The zero-order valence-electron chi connectivity index (χ0n) is 14.3. The van der Waals surface area contributed by atoms with E-state index in [1.165, 1.54) is 0 Å². The number of amides is 1. The molecule has 1 saturated heterocycles. The molecule has 0 spiro atoms. The van der Waals surface area contributed by atoms with Crippen LogP contribution < -0.4 is 0 Å². The Bertz CT molecular complexity index is 969. The Labute approximate surface area is 160 Å². The molecule has 0 aliphatic carbocycles. The largest absolute Gasteiger partial charge is 0.342 e. The van der Waals surface area contributed by atoms with Crippen molar-refractivity contribution in [3.05, 3.63) is 70.3 Å². The third-order valence-corrected chi connectivity index (χ3v) is 5.42.